The molecule has 0 aromatic heterocycles. The average Bonchev–Trinajstić information content (AvgIpc) is 2.51. The van der Waals surface area contributed by atoms with Gasteiger partial charge >= 0.3 is 6.04 Å². The van der Waals surface area contributed by atoms with Crippen LogP contribution in [0, 0.1) is 20.2 Å². The van der Waals surface area contributed by atoms with Crippen molar-refractivity contribution < 1.29 is 9.85 Å². The van der Waals surface area contributed by atoms with E-state index in [1.807, 2.05) is 18.2 Å². The van der Waals surface area contributed by atoms with Crippen molar-refractivity contribution in [2.75, 3.05) is 0 Å². The summed E-state index contributed by atoms with van der Waals surface area (Å²) in [4.78, 5) is 22.3. The van der Waals surface area contributed by atoms with Crippen LogP contribution in [0.5, 0.6) is 0 Å². The highest BCUT2D eigenvalue weighted by Gasteiger charge is 2.53. The number of hydrogen-bond acceptors (Lipinski definition) is 4. The lowest BCUT2D eigenvalue weighted by molar-refractivity contribution is -0.626. The predicted molar refractivity (Wildman–Crippen MR) is 80.1 cm³/mol. The van der Waals surface area contributed by atoms with Gasteiger partial charge in [0.2, 0.25) is 0 Å². The lowest BCUT2D eigenvalue weighted by Crippen LogP contribution is -2.41. The molecule has 0 heterocycles. The number of benzene rings is 2. The standard InChI is InChI=1S/C16H14N2O4/c19-17(20)15-11-5-1-3-9-7-8-10-4-2-6-12(14(10)13(9)11)16(15)18(21)22/h1,3,5,7-8,12,15-16H,2,4,6H2. The molecular formula is C16H14N2O4. The molecule has 2 aliphatic carbocycles. The quantitative estimate of drug-likeness (QED) is 0.629. The number of hydrogen-bond donors (Lipinski definition) is 0. The molecule has 0 bridgehead atoms. The van der Waals surface area contributed by atoms with Crippen LogP contribution in [-0.4, -0.2) is 15.9 Å². The monoisotopic (exact) mass is 298 g/mol. The first-order valence-corrected chi connectivity index (χ1v) is 7.41. The van der Waals surface area contributed by atoms with Crippen LogP contribution in [0.2, 0.25) is 0 Å². The minimum absolute atomic E-state index is 0.354. The van der Waals surface area contributed by atoms with E-state index in [4.69, 9.17) is 0 Å². The van der Waals surface area contributed by atoms with Gasteiger partial charge in [-0.25, -0.2) is 0 Å². The molecule has 0 N–H and O–H groups in total. The van der Waals surface area contributed by atoms with Gasteiger partial charge in [0, 0.05) is 15.4 Å². The number of nitro groups is 2. The summed E-state index contributed by atoms with van der Waals surface area (Å²) in [5.74, 6) is -0.354. The fourth-order valence-corrected chi connectivity index (χ4v) is 4.27. The Kier molecular flexibility index (Phi) is 2.69. The Bertz CT molecular complexity index is 817. The molecule has 22 heavy (non-hydrogen) atoms. The first kappa shape index (κ1) is 13.2. The molecular weight excluding hydrogens is 284 g/mol. The summed E-state index contributed by atoms with van der Waals surface area (Å²) < 4.78 is 0. The van der Waals surface area contributed by atoms with Crippen LogP contribution in [0.4, 0.5) is 0 Å². The maximum atomic E-state index is 11.6. The van der Waals surface area contributed by atoms with Crippen molar-refractivity contribution >= 4 is 10.8 Å². The van der Waals surface area contributed by atoms with Crippen LogP contribution in [0.15, 0.2) is 30.3 Å². The second kappa shape index (κ2) is 4.50. The second-order valence-electron chi connectivity index (χ2n) is 6.09. The molecule has 0 fully saturated rings. The van der Waals surface area contributed by atoms with Gasteiger partial charge in [0.15, 0.2) is 0 Å². The Labute approximate surface area is 126 Å². The van der Waals surface area contributed by atoms with E-state index >= 15 is 0 Å². The summed E-state index contributed by atoms with van der Waals surface area (Å²) in [5, 5.41) is 25.0. The third kappa shape index (κ3) is 1.60. The molecule has 0 saturated carbocycles. The normalized spacial score (nSPS) is 25.9. The van der Waals surface area contributed by atoms with Crippen LogP contribution in [-0.2, 0) is 6.42 Å². The fourth-order valence-electron chi connectivity index (χ4n) is 4.27. The molecule has 2 aliphatic rings. The van der Waals surface area contributed by atoms with E-state index in [0.717, 1.165) is 34.7 Å². The highest BCUT2D eigenvalue weighted by molar-refractivity contribution is 5.92. The zero-order valence-electron chi connectivity index (χ0n) is 11.8. The Morgan fingerprint density at radius 2 is 1.86 bits per heavy atom. The smallest absolute Gasteiger partial charge is 0.264 e. The van der Waals surface area contributed by atoms with Crippen molar-refractivity contribution in [1.82, 2.24) is 0 Å². The Hall–Kier alpha value is -2.50. The molecule has 0 amide bonds. The van der Waals surface area contributed by atoms with Gasteiger partial charge < -0.3 is 0 Å². The van der Waals surface area contributed by atoms with Crippen molar-refractivity contribution in [1.29, 1.82) is 0 Å². The maximum absolute atomic E-state index is 11.6. The van der Waals surface area contributed by atoms with Crippen LogP contribution in [0.1, 0.15) is 41.5 Å². The largest absolute Gasteiger partial charge is 0.305 e. The number of rotatable bonds is 2. The van der Waals surface area contributed by atoms with E-state index in [1.165, 1.54) is 0 Å². The molecule has 2 aromatic rings. The van der Waals surface area contributed by atoms with Crippen molar-refractivity contribution in [3.63, 3.8) is 0 Å². The molecule has 112 valence electrons. The summed E-state index contributed by atoms with van der Waals surface area (Å²) in [7, 11) is 0. The topological polar surface area (TPSA) is 86.3 Å². The predicted octanol–water partition coefficient (Wildman–Crippen LogP) is 3.24. The van der Waals surface area contributed by atoms with Crippen molar-refractivity contribution in [3.05, 3.63) is 67.3 Å². The number of aryl methyl sites for hydroxylation is 1. The summed E-state index contributed by atoms with van der Waals surface area (Å²) in [6.07, 6.45) is 2.39. The average molecular weight is 298 g/mol. The molecule has 0 aliphatic heterocycles. The lowest BCUT2D eigenvalue weighted by Gasteiger charge is -2.34. The van der Waals surface area contributed by atoms with Gasteiger partial charge in [-0.1, -0.05) is 30.3 Å². The highest BCUT2D eigenvalue weighted by atomic mass is 16.6. The molecule has 6 nitrogen and oxygen atoms in total. The minimum Gasteiger partial charge on any atom is -0.264 e. The molecule has 0 radical (unpaired) electrons. The van der Waals surface area contributed by atoms with Gasteiger partial charge in [0.05, 0.1) is 5.92 Å². The first-order valence-electron chi connectivity index (χ1n) is 7.41. The van der Waals surface area contributed by atoms with Gasteiger partial charge in [0.25, 0.3) is 6.04 Å². The van der Waals surface area contributed by atoms with Gasteiger partial charge in [-0.05, 0) is 41.2 Å². The van der Waals surface area contributed by atoms with Gasteiger partial charge in [0.1, 0.15) is 0 Å². The van der Waals surface area contributed by atoms with Gasteiger partial charge in [-0.15, -0.1) is 0 Å². The Morgan fingerprint density at radius 3 is 2.59 bits per heavy atom. The molecule has 2 aromatic carbocycles. The summed E-state index contributed by atoms with van der Waals surface area (Å²) in [6.45, 7) is 0. The summed E-state index contributed by atoms with van der Waals surface area (Å²) in [5.41, 5.74) is 2.60. The molecule has 3 atom stereocenters. The van der Waals surface area contributed by atoms with Crippen molar-refractivity contribution in [3.8, 4) is 0 Å². The zero-order valence-corrected chi connectivity index (χ0v) is 11.8. The SMILES string of the molecule is O=[N+]([O-])C1c2cccc3ccc4c(c23)C(CCC4)C1[N+](=O)[O-]. The summed E-state index contributed by atoms with van der Waals surface area (Å²) in [6, 6.07) is 6.92. The van der Waals surface area contributed by atoms with Crippen LogP contribution in [0.3, 0.4) is 0 Å². The van der Waals surface area contributed by atoms with Crippen molar-refractivity contribution in [2.45, 2.75) is 37.3 Å². The van der Waals surface area contributed by atoms with Crippen LogP contribution in [0.25, 0.3) is 10.8 Å². The van der Waals surface area contributed by atoms with E-state index in [2.05, 4.69) is 0 Å². The molecule has 6 heteroatoms. The van der Waals surface area contributed by atoms with Crippen molar-refractivity contribution in [2.24, 2.45) is 0 Å². The van der Waals surface area contributed by atoms with E-state index < -0.39 is 21.9 Å². The zero-order chi connectivity index (χ0) is 15.4. The number of nitrogens with zero attached hydrogens (tertiary/aromatic N) is 2. The highest BCUT2D eigenvalue weighted by Crippen LogP contribution is 2.49. The Balaban J connectivity index is 2.12. The van der Waals surface area contributed by atoms with Crippen LogP contribution < -0.4 is 0 Å². The molecule has 4 rings (SSSR count). The van der Waals surface area contributed by atoms with E-state index in [1.54, 1.807) is 12.1 Å². The van der Waals surface area contributed by atoms with E-state index in [9.17, 15) is 20.2 Å². The second-order valence-corrected chi connectivity index (χ2v) is 6.09. The third-order valence-electron chi connectivity index (χ3n) is 5.07. The lowest BCUT2D eigenvalue weighted by atomic mass is 9.69. The van der Waals surface area contributed by atoms with Gasteiger partial charge in [-0.3, -0.25) is 20.2 Å². The first-order chi connectivity index (χ1) is 10.6. The Morgan fingerprint density at radius 1 is 1.05 bits per heavy atom. The third-order valence-corrected chi connectivity index (χ3v) is 5.07. The van der Waals surface area contributed by atoms with Crippen LogP contribution >= 0.6 is 0 Å². The summed E-state index contributed by atoms with van der Waals surface area (Å²) >= 11 is 0. The maximum Gasteiger partial charge on any atom is 0.305 e. The molecule has 3 unspecified atom stereocenters. The fraction of sp³-hybridized carbons (Fsp3) is 0.375. The minimum atomic E-state index is -1.26. The van der Waals surface area contributed by atoms with E-state index in [-0.39, 0.29) is 5.92 Å². The molecule has 0 saturated heterocycles. The van der Waals surface area contributed by atoms with E-state index in [0.29, 0.717) is 12.0 Å². The molecule has 0 spiro atoms. The van der Waals surface area contributed by atoms with Gasteiger partial charge in [-0.2, -0.15) is 0 Å².